The zero-order chi connectivity index (χ0) is 19.1. The van der Waals surface area contributed by atoms with E-state index in [1.165, 1.54) is 0 Å². The van der Waals surface area contributed by atoms with E-state index in [0.717, 1.165) is 0 Å². The molecule has 138 valence electrons. The summed E-state index contributed by atoms with van der Waals surface area (Å²) in [7, 11) is 0. The van der Waals surface area contributed by atoms with E-state index in [4.69, 9.17) is 15.9 Å². The average molecular weight is 353 g/mol. The molecule has 0 aliphatic carbocycles. The van der Waals surface area contributed by atoms with Crippen LogP contribution >= 0.6 is 0 Å². The Morgan fingerprint density at radius 1 is 1.08 bits per heavy atom. The number of aliphatic hydroxyl groups is 4. The van der Waals surface area contributed by atoms with E-state index in [1.807, 2.05) is 0 Å². The molecule has 0 aromatic carbocycles. The summed E-state index contributed by atoms with van der Waals surface area (Å²) in [6.07, 6.45) is -8.05. The molecule has 0 aliphatic rings. The summed E-state index contributed by atoms with van der Waals surface area (Å²) in [6, 6.07) is -1.50. The second kappa shape index (κ2) is 9.24. The van der Waals surface area contributed by atoms with E-state index in [-0.39, 0.29) is 6.29 Å². The first-order valence-corrected chi connectivity index (χ1v) is 6.53. The predicted molar refractivity (Wildman–Crippen MR) is 72.5 cm³/mol. The van der Waals surface area contributed by atoms with Crippen LogP contribution in [0.15, 0.2) is 0 Å². The minimum Gasteiger partial charge on any atom is -0.481 e. The fraction of sp³-hybridized carbons (Fsp3) is 0.667. The predicted octanol–water partition coefficient (Wildman–Crippen LogP) is -4.18. The van der Waals surface area contributed by atoms with Gasteiger partial charge in [-0.3, -0.25) is 9.59 Å². The maximum absolute atomic E-state index is 11.5. The van der Waals surface area contributed by atoms with Crippen molar-refractivity contribution < 1.29 is 54.6 Å². The van der Waals surface area contributed by atoms with Gasteiger partial charge in [-0.05, 0) is 0 Å². The highest BCUT2D eigenvalue weighted by Crippen LogP contribution is 2.17. The Bertz CT molecular complexity index is 482. The molecule has 8 N–H and O–H groups in total. The molecule has 12 nitrogen and oxygen atoms in total. The Hall–Kier alpha value is -2.12. The number of aliphatic hydroxyl groups excluding tert-OH is 3. The fourth-order valence-electron chi connectivity index (χ4n) is 1.57. The lowest BCUT2D eigenvalue weighted by atomic mass is 9.96. The number of aldehydes is 1. The van der Waals surface area contributed by atoms with E-state index in [2.05, 4.69) is 4.74 Å². The van der Waals surface area contributed by atoms with Gasteiger partial charge < -0.3 is 45.9 Å². The summed E-state index contributed by atoms with van der Waals surface area (Å²) in [6.45, 7) is -0.925. The largest absolute Gasteiger partial charge is 0.481 e. The van der Waals surface area contributed by atoms with Crippen LogP contribution < -0.4 is 5.73 Å². The summed E-state index contributed by atoms with van der Waals surface area (Å²) >= 11 is 0. The third-order valence-corrected chi connectivity index (χ3v) is 2.99. The molecule has 0 aromatic rings. The molecule has 0 saturated carbocycles. The lowest BCUT2D eigenvalue weighted by Crippen LogP contribution is -2.50. The number of nitrogens with two attached hydrogens (primary N) is 1. The van der Waals surface area contributed by atoms with Gasteiger partial charge in [0.15, 0.2) is 5.60 Å². The van der Waals surface area contributed by atoms with Crippen molar-refractivity contribution in [3.63, 3.8) is 0 Å². The van der Waals surface area contributed by atoms with E-state index < -0.39 is 67.3 Å². The minimum absolute atomic E-state index is 0.117. The van der Waals surface area contributed by atoms with Gasteiger partial charge in [0, 0.05) is 0 Å². The lowest BCUT2D eigenvalue weighted by Gasteiger charge is -2.25. The molecule has 1 unspecified atom stereocenters. The number of hydrogen-bond acceptors (Lipinski definition) is 10. The number of hydrogen-bond donors (Lipinski definition) is 7. The van der Waals surface area contributed by atoms with Gasteiger partial charge in [0.25, 0.3) is 0 Å². The third-order valence-electron chi connectivity index (χ3n) is 2.99. The molecule has 0 bridgehead atoms. The lowest BCUT2D eigenvalue weighted by molar-refractivity contribution is -0.174. The number of esters is 1. The second-order valence-electron chi connectivity index (χ2n) is 5.03. The molecule has 0 heterocycles. The van der Waals surface area contributed by atoms with E-state index in [9.17, 15) is 39.6 Å². The topological polar surface area (TPSA) is 225 Å². The zero-order valence-electron chi connectivity index (χ0n) is 12.3. The van der Waals surface area contributed by atoms with Gasteiger partial charge in [0.1, 0.15) is 31.2 Å². The molecule has 0 spiro atoms. The highest BCUT2D eigenvalue weighted by molar-refractivity contribution is 5.88. The molecule has 12 heteroatoms. The van der Waals surface area contributed by atoms with Crippen LogP contribution in [0.4, 0.5) is 0 Å². The van der Waals surface area contributed by atoms with Gasteiger partial charge >= 0.3 is 17.9 Å². The smallest absolute Gasteiger partial charge is 0.336 e. The van der Waals surface area contributed by atoms with Crippen molar-refractivity contribution in [1.29, 1.82) is 0 Å². The molecular weight excluding hydrogens is 334 g/mol. The van der Waals surface area contributed by atoms with Gasteiger partial charge in [0.2, 0.25) is 0 Å². The summed E-state index contributed by atoms with van der Waals surface area (Å²) in [5, 5.41) is 55.3. The monoisotopic (exact) mass is 353 g/mol. The number of carboxylic acids is 2. The van der Waals surface area contributed by atoms with E-state index in [1.54, 1.807) is 0 Å². The summed E-state index contributed by atoms with van der Waals surface area (Å²) in [5.74, 6) is -5.01. The van der Waals surface area contributed by atoms with E-state index >= 15 is 0 Å². The second-order valence-corrected chi connectivity index (χ2v) is 5.03. The Morgan fingerprint density at radius 2 is 1.62 bits per heavy atom. The van der Waals surface area contributed by atoms with Gasteiger partial charge in [0.05, 0.1) is 18.9 Å². The fourth-order valence-corrected chi connectivity index (χ4v) is 1.57. The van der Waals surface area contributed by atoms with Crippen LogP contribution in [0.3, 0.4) is 0 Å². The molecule has 0 rings (SSSR count). The molecule has 0 fully saturated rings. The van der Waals surface area contributed by atoms with Crippen molar-refractivity contribution in [1.82, 2.24) is 0 Å². The third kappa shape index (κ3) is 6.55. The van der Waals surface area contributed by atoms with Crippen LogP contribution in [0.25, 0.3) is 0 Å². The van der Waals surface area contributed by atoms with Crippen molar-refractivity contribution in [2.75, 3.05) is 6.61 Å². The van der Waals surface area contributed by atoms with Crippen LogP contribution in [0.5, 0.6) is 0 Å². The number of rotatable bonds is 11. The summed E-state index contributed by atoms with van der Waals surface area (Å²) in [5.41, 5.74) is 2.21. The van der Waals surface area contributed by atoms with Crippen molar-refractivity contribution in [3.05, 3.63) is 0 Å². The summed E-state index contributed by atoms with van der Waals surface area (Å²) in [4.78, 5) is 43.2. The van der Waals surface area contributed by atoms with Crippen LogP contribution in [0, 0.1) is 0 Å². The first-order chi connectivity index (χ1) is 10.9. The van der Waals surface area contributed by atoms with Gasteiger partial charge in [-0.2, -0.15) is 0 Å². The first kappa shape index (κ1) is 21.9. The van der Waals surface area contributed by atoms with Crippen LogP contribution in [-0.2, 0) is 23.9 Å². The Kier molecular flexibility index (Phi) is 8.43. The molecule has 0 saturated heterocycles. The number of carbonyl (C=O) groups is 4. The highest BCUT2D eigenvalue weighted by atomic mass is 16.5. The van der Waals surface area contributed by atoms with Gasteiger partial charge in [-0.1, -0.05) is 0 Å². The molecule has 24 heavy (non-hydrogen) atoms. The molecule has 0 aromatic heterocycles. The van der Waals surface area contributed by atoms with E-state index in [0.29, 0.717) is 0 Å². The molecular formula is C12H19NO11. The highest BCUT2D eigenvalue weighted by Gasteiger charge is 2.41. The molecule has 0 radical (unpaired) electrons. The molecule has 5 atom stereocenters. The Balaban J connectivity index is 4.64. The zero-order valence-corrected chi connectivity index (χ0v) is 12.3. The maximum Gasteiger partial charge on any atom is 0.336 e. The quantitative estimate of drug-likeness (QED) is 0.139. The maximum atomic E-state index is 11.5. The standard InChI is InChI=1S/C12H19NO11/c13-5(3-14)9(19)10(20)6(15)4-24-8(18)2-12(23,11(21)22)1-7(16)17/h3,5-6,9-10,15,19-20,23H,1-2,4,13H2,(H,16,17)(H,21,22)/t5-,6+,9+,10+,12?/m0/s1. The van der Waals surface area contributed by atoms with Gasteiger partial charge in [-0.25, -0.2) is 4.79 Å². The number of carboxylic acid groups (broad SMARTS) is 2. The van der Waals surface area contributed by atoms with Gasteiger partial charge in [-0.15, -0.1) is 0 Å². The average Bonchev–Trinajstić information content (AvgIpc) is 2.49. The van der Waals surface area contributed by atoms with Crippen molar-refractivity contribution in [2.24, 2.45) is 5.73 Å². The number of aliphatic carboxylic acids is 2. The van der Waals surface area contributed by atoms with Crippen LogP contribution in [0.1, 0.15) is 12.8 Å². The Morgan fingerprint density at radius 3 is 2.04 bits per heavy atom. The molecule has 0 aliphatic heterocycles. The normalized spacial score (nSPS) is 18.5. The molecule has 0 amide bonds. The van der Waals surface area contributed by atoms with Crippen molar-refractivity contribution in [2.45, 2.75) is 42.8 Å². The van der Waals surface area contributed by atoms with Crippen LogP contribution in [-0.4, -0.2) is 91.4 Å². The first-order valence-electron chi connectivity index (χ1n) is 6.53. The van der Waals surface area contributed by atoms with Crippen LogP contribution in [0.2, 0.25) is 0 Å². The van der Waals surface area contributed by atoms with Crippen molar-refractivity contribution in [3.8, 4) is 0 Å². The number of ether oxygens (including phenoxy) is 1. The number of carbonyl (C=O) groups excluding carboxylic acids is 2. The Labute approximate surface area is 135 Å². The minimum atomic E-state index is -2.91. The van der Waals surface area contributed by atoms with Crippen molar-refractivity contribution >= 4 is 24.2 Å². The SMILES string of the molecule is N[C@@H](C=O)[C@@H](O)[C@H](O)[C@H](O)COC(=O)CC(O)(CC(=O)O)C(=O)O. The summed E-state index contributed by atoms with van der Waals surface area (Å²) < 4.78 is 4.41.